The lowest BCUT2D eigenvalue weighted by atomic mass is 9.99. The van der Waals surface area contributed by atoms with Gasteiger partial charge < -0.3 is 15.4 Å². The van der Waals surface area contributed by atoms with Crippen LogP contribution in [0.25, 0.3) is 0 Å². The third kappa shape index (κ3) is 3.19. The summed E-state index contributed by atoms with van der Waals surface area (Å²) >= 11 is 0. The standard InChI is InChI=1S/C12H22N2O2/c1-12(5-7-16-9-12)14-11(15)3-2-10-4-6-13-8-10/h10,13H,2-9H2,1H3,(H,14,15). The lowest BCUT2D eigenvalue weighted by Gasteiger charge is -2.23. The van der Waals surface area contributed by atoms with Crippen LogP contribution in [-0.4, -0.2) is 37.7 Å². The van der Waals surface area contributed by atoms with E-state index < -0.39 is 0 Å². The van der Waals surface area contributed by atoms with Crippen LogP contribution in [0.3, 0.4) is 0 Å². The lowest BCUT2D eigenvalue weighted by Crippen LogP contribution is -2.46. The largest absolute Gasteiger partial charge is 0.379 e. The maximum absolute atomic E-state index is 11.8. The maximum Gasteiger partial charge on any atom is 0.220 e. The molecule has 2 aliphatic heterocycles. The normalized spacial score (nSPS) is 34.2. The van der Waals surface area contributed by atoms with Crippen LogP contribution < -0.4 is 10.6 Å². The fraction of sp³-hybridized carbons (Fsp3) is 0.917. The summed E-state index contributed by atoms with van der Waals surface area (Å²) in [6.07, 6.45) is 3.81. The van der Waals surface area contributed by atoms with Gasteiger partial charge in [-0.25, -0.2) is 0 Å². The van der Waals surface area contributed by atoms with Gasteiger partial charge in [-0.2, -0.15) is 0 Å². The zero-order valence-electron chi connectivity index (χ0n) is 10.1. The Morgan fingerprint density at radius 3 is 3.12 bits per heavy atom. The van der Waals surface area contributed by atoms with Gasteiger partial charge in [-0.05, 0) is 45.2 Å². The van der Waals surface area contributed by atoms with Crippen molar-refractivity contribution in [1.82, 2.24) is 10.6 Å². The molecule has 4 nitrogen and oxygen atoms in total. The predicted octanol–water partition coefficient (Wildman–Crippen LogP) is 0.671. The zero-order valence-corrected chi connectivity index (χ0v) is 10.1. The number of hydrogen-bond acceptors (Lipinski definition) is 3. The van der Waals surface area contributed by atoms with Crippen molar-refractivity contribution < 1.29 is 9.53 Å². The van der Waals surface area contributed by atoms with E-state index in [1.807, 2.05) is 0 Å². The Hall–Kier alpha value is -0.610. The average Bonchev–Trinajstić information content (AvgIpc) is 2.86. The molecule has 92 valence electrons. The molecule has 16 heavy (non-hydrogen) atoms. The molecule has 2 fully saturated rings. The first-order chi connectivity index (χ1) is 7.68. The van der Waals surface area contributed by atoms with Gasteiger partial charge in [0.15, 0.2) is 0 Å². The summed E-state index contributed by atoms with van der Waals surface area (Å²) in [6.45, 7) is 5.67. The van der Waals surface area contributed by atoms with Gasteiger partial charge in [0.1, 0.15) is 0 Å². The smallest absolute Gasteiger partial charge is 0.220 e. The number of nitrogens with one attached hydrogen (secondary N) is 2. The van der Waals surface area contributed by atoms with E-state index in [1.165, 1.54) is 6.42 Å². The van der Waals surface area contributed by atoms with E-state index >= 15 is 0 Å². The fourth-order valence-electron chi connectivity index (χ4n) is 2.46. The molecule has 2 rings (SSSR count). The highest BCUT2D eigenvalue weighted by Gasteiger charge is 2.31. The van der Waals surface area contributed by atoms with Crippen molar-refractivity contribution in [3.8, 4) is 0 Å². The second-order valence-electron chi connectivity index (χ2n) is 5.31. The van der Waals surface area contributed by atoms with Crippen LogP contribution in [0.4, 0.5) is 0 Å². The predicted molar refractivity (Wildman–Crippen MR) is 62.2 cm³/mol. The summed E-state index contributed by atoms with van der Waals surface area (Å²) in [5, 5.41) is 6.42. The molecule has 0 bridgehead atoms. The molecule has 0 aromatic carbocycles. The number of carbonyl (C=O) groups is 1. The van der Waals surface area contributed by atoms with Crippen LogP contribution in [0.5, 0.6) is 0 Å². The third-order valence-corrected chi connectivity index (χ3v) is 3.60. The molecule has 0 saturated carbocycles. The molecular weight excluding hydrogens is 204 g/mol. The second-order valence-corrected chi connectivity index (χ2v) is 5.31. The summed E-state index contributed by atoms with van der Waals surface area (Å²) in [5.41, 5.74) is -0.120. The first-order valence-electron chi connectivity index (χ1n) is 6.27. The average molecular weight is 226 g/mol. The van der Waals surface area contributed by atoms with Gasteiger partial charge in [-0.3, -0.25) is 4.79 Å². The Labute approximate surface area is 97.1 Å². The van der Waals surface area contributed by atoms with Gasteiger partial charge in [-0.1, -0.05) is 0 Å². The summed E-state index contributed by atoms with van der Waals surface area (Å²) in [5.74, 6) is 0.873. The maximum atomic E-state index is 11.8. The summed E-state index contributed by atoms with van der Waals surface area (Å²) < 4.78 is 5.31. The summed E-state index contributed by atoms with van der Waals surface area (Å²) in [6, 6.07) is 0. The lowest BCUT2D eigenvalue weighted by molar-refractivity contribution is -0.123. The topological polar surface area (TPSA) is 50.4 Å². The van der Waals surface area contributed by atoms with E-state index in [0.29, 0.717) is 18.9 Å². The van der Waals surface area contributed by atoms with Crippen molar-refractivity contribution in [2.75, 3.05) is 26.3 Å². The van der Waals surface area contributed by atoms with E-state index in [2.05, 4.69) is 17.6 Å². The monoisotopic (exact) mass is 226 g/mol. The number of rotatable bonds is 4. The molecule has 0 radical (unpaired) electrons. The number of hydrogen-bond donors (Lipinski definition) is 2. The van der Waals surface area contributed by atoms with Gasteiger partial charge in [0.25, 0.3) is 0 Å². The van der Waals surface area contributed by atoms with Gasteiger partial charge in [-0.15, -0.1) is 0 Å². The Kier molecular flexibility index (Phi) is 3.82. The molecule has 2 heterocycles. The third-order valence-electron chi connectivity index (χ3n) is 3.60. The minimum absolute atomic E-state index is 0.120. The van der Waals surface area contributed by atoms with Crippen LogP contribution >= 0.6 is 0 Å². The first kappa shape index (κ1) is 11.9. The van der Waals surface area contributed by atoms with E-state index in [0.717, 1.165) is 32.5 Å². The van der Waals surface area contributed by atoms with E-state index in [4.69, 9.17) is 4.74 Å². The van der Waals surface area contributed by atoms with Gasteiger partial charge in [0.2, 0.25) is 5.91 Å². The highest BCUT2D eigenvalue weighted by molar-refractivity contribution is 5.76. The molecule has 4 heteroatoms. The first-order valence-corrected chi connectivity index (χ1v) is 6.27. The minimum Gasteiger partial charge on any atom is -0.379 e. The van der Waals surface area contributed by atoms with Gasteiger partial charge in [0.05, 0.1) is 12.1 Å². The molecule has 1 amide bonds. The van der Waals surface area contributed by atoms with Crippen molar-refractivity contribution >= 4 is 5.91 Å². The molecule has 0 aromatic rings. The second kappa shape index (κ2) is 5.15. The van der Waals surface area contributed by atoms with E-state index in [1.54, 1.807) is 0 Å². The highest BCUT2D eigenvalue weighted by atomic mass is 16.5. The van der Waals surface area contributed by atoms with Crippen LogP contribution in [0, 0.1) is 5.92 Å². The quantitative estimate of drug-likeness (QED) is 0.741. The Morgan fingerprint density at radius 2 is 2.50 bits per heavy atom. The van der Waals surface area contributed by atoms with Gasteiger partial charge >= 0.3 is 0 Å². The Bertz CT molecular complexity index is 243. The zero-order chi connectivity index (χ0) is 11.4. The Balaban J connectivity index is 1.67. The summed E-state index contributed by atoms with van der Waals surface area (Å²) in [4.78, 5) is 11.8. The molecule has 2 saturated heterocycles. The number of amides is 1. The van der Waals surface area contributed by atoms with E-state index in [-0.39, 0.29) is 11.4 Å². The van der Waals surface area contributed by atoms with Crippen molar-refractivity contribution in [3.63, 3.8) is 0 Å². The molecule has 0 aliphatic carbocycles. The molecule has 2 N–H and O–H groups in total. The van der Waals surface area contributed by atoms with E-state index in [9.17, 15) is 4.79 Å². The van der Waals surface area contributed by atoms with Crippen LogP contribution in [0.15, 0.2) is 0 Å². The van der Waals surface area contributed by atoms with Crippen molar-refractivity contribution in [1.29, 1.82) is 0 Å². The SMILES string of the molecule is CC1(NC(=O)CCC2CCNC2)CCOC1. The number of ether oxygens (including phenoxy) is 1. The van der Waals surface area contributed by atoms with Crippen LogP contribution in [0.1, 0.15) is 32.6 Å². The van der Waals surface area contributed by atoms with Crippen LogP contribution in [-0.2, 0) is 9.53 Å². The fourth-order valence-corrected chi connectivity index (χ4v) is 2.46. The van der Waals surface area contributed by atoms with Crippen molar-refractivity contribution in [3.05, 3.63) is 0 Å². The molecule has 2 atom stereocenters. The van der Waals surface area contributed by atoms with Crippen LogP contribution in [0.2, 0.25) is 0 Å². The molecular formula is C12H22N2O2. The molecule has 0 aromatic heterocycles. The Morgan fingerprint density at radius 1 is 1.62 bits per heavy atom. The van der Waals surface area contributed by atoms with Gasteiger partial charge in [0, 0.05) is 13.0 Å². The summed E-state index contributed by atoms with van der Waals surface area (Å²) in [7, 11) is 0. The van der Waals surface area contributed by atoms with Crippen molar-refractivity contribution in [2.45, 2.75) is 38.1 Å². The number of carbonyl (C=O) groups excluding carboxylic acids is 1. The minimum atomic E-state index is -0.120. The molecule has 2 aliphatic rings. The van der Waals surface area contributed by atoms with Crippen molar-refractivity contribution in [2.24, 2.45) is 5.92 Å². The molecule has 0 spiro atoms. The molecule has 2 unspecified atom stereocenters. The highest BCUT2D eigenvalue weighted by Crippen LogP contribution is 2.19.